The summed E-state index contributed by atoms with van der Waals surface area (Å²) in [6, 6.07) is 3.14. The van der Waals surface area contributed by atoms with Gasteiger partial charge in [-0.15, -0.1) is 0 Å². The smallest absolute Gasteiger partial charge is 0.388 e. The Bertz CT molecular complexity index is 364. The quantitative estimate of drug-likeness (QED) is 0.845. The molecule has 2 N–H and O–H groups in total. The maximum absolute atomic E-state index is 12.0. The molecule has 1 fully saturated rings. The van der Waals surface area contributed by atoms with Gasteiger partial charge in [0.2, 0.25) is 5.88 Å². The molecule has 1 saturated heterocycles. The first kappa shape index (κ1) is 11.2. The first-order valence-electron chi connectivity index (χ1n) is 4.92. The molecule has 0 spiro atoms. The van der Waals surface area contributed by atoms with Crippen LogP contribution in [0.15, 0.2) is 18.3 Å². The summed E-state index contributed by atoms with van der Waals surface area (Å²) in [5, 5.41) is 0. The number of hydrogen-bond donors (Lipinski definition) is 1. The van der Waals surface area contributed by atoms with Crippen LogP contribution in [0.2, 0.25) is 0 Å². The van der Waals surface area contributed by atoms with E-state index < -0.39 is 12.2 Å². The molecule has 1 aromatic rings. The molecular weight excluding hydrogens is 218 g/mol. The van der Waals surface area contributed by atoms with Crippen LogP contribution < -0.4 is 10.5 Å². The van der Waals surface area contributed by atoms with Gasteiger partial charge in [-0.1, -0.05) is 0 Å². The Morgan fingerprint density at radius 1 is 1.62 bits per heavy atom. The first-order chi connectivity index (χ1) is 7.66. The van der Waals surface area contributed by atoms with Crippen molar-refractivity contribution in [3.63, 3.8) is 0 Å². The van der Waals surface area contributed by atoms with E-state index in [1.165, 1.54) is 12.3 Å². The number of pyridine rings is 1. The van der Waals surface area contributed by atoms with Crippen molar-refractivity contribution in [3.05, 3.63) is 23.9 Å². The Morgan fingerprint density at radius 2 is 2.38 bits per heavy atom. The third kappa shape index (κ3) is 1.98. The molecule has 2 rings (SSSR count). The summed E-state index contributed by atoms with van der Waals surface area (Å²) in [4.78, 5) is 3.69. The van der Waals surface area contributed by atoms with E-state index in [-0.39, 0.29) is 5.88 Å². The Morgan fingerprint density at radius 3 is 2.88 bits per heavy atom. The van der Waals surface area contributed by atoms with E-state index in [1.54, 1.807) is 6.07 Å². The van der Waals surface area contributed by atoms with Crippen LogP contribution in [0.25, 0.3) is 0 Å². The van der Waals surface area contributed by atoms with Crippen molar-refractivity contribution in [2.45, 2.75) is 18.6 Å². The van der Waals surface area contributed by atoms with Crippen molar-refractivity contribution >= 4 is 0 Å². The summed E-state index contributed by atoms with van der Waals surface area (Å²) in [6.07, 6.45) is 2.19. The molecule has 0 amide bonds. The zero-order valence-corrected chi connectivity index (χ0v) is 8.53. The van der Waals surface area contributed by atoms with Crippen molar-refractivity contribution in [2.24, 2.45) is 5.73 Å². The van der Waals surface area contributed by atoms with Gasteiger partial charge in [0.05, 0.1) is 6.61 Å². The van der Waals surface area contributed by atoms with Crippen LogP contribution in [0.3, 0.4) is 0 Å². The molecule has 2 heterocycles. The minimum Gasteiger partial charge on any atom is -0.417 e. The number of ether oxygens (including phenoxy) is 2. The molecule has 1 aliphatic heterocycles. The molecule has 0 saturated carbocycles. The van der Waals surface area contributed by atoms with Gasteiger partial charge in [0, 0.05) is 25.2 Å². The third-order valence-electron chi connectivity index (χ3n) is 2.68. The standard InChI is InChI=1S/C10H12F2N2O2/c11-9(12)16-8-5-7(1-3-14-8)10(6-13)2-4-15-10/h1,3,5,9H,2,4,6,13H2. The van der Waals surface area contributed by atoms with Crippen LogP contribution in [0.4, 0.5) is 8.78 Å². The molecule has 6 heteroatoms. The Balaban J connectivity index is 2.21. The van der Waals surface area contributed by atoms with Crippen LogP contribution in [-0.2, 0) is 10.3 Å². The van der Waals surface area contributed by atoms with Crippen molar-refractivity contribution in [3.8, 4) is 5.88 Å². The Hall–Kier alpha value is -1.27. The summed E-state index contributed by atoms with van der Waals surface area (Å²) < 4.78 is 33.7. The monoisotopic (exact) mass is 230 g/mol. The molecule has 1 aliphatic rings. The molecule has 1 unspecified atom stereocenters. The highest BCUT2D eigenvalue weighted by atomic mass is 19.3. The third-order valence-corrected chi connectivity index (χ3v) is 2.68. The van der Waals surface area contributed by atoms with Crippen LogP contribution >= 0.6 is 0 Å². The SMILES string of the molecule is NCC1(c2ccnc(OC(F)F)c2)CCO1. The number of nitrogens with two attached hydrogens (primary N) is 1. The molecule has 0 radical (unpaired) electrons. The lowest BCUT2D eigenvalue weighted by molar-refractivity contribution is -0.147. The summed E-state index contributed by atoms with van der Waals surface area (Å²) in [5.74, 6) is -0.115. The normalized spacial score (nSPS) is 24.2. The van der Waals surface area contributed by atoms with E-state index in [2.05, 4.69) is 9.72 Å². The van der Waals surface area contributed by atoms with Gasteiger partial charge in [-0.3, -0.25) is 0 Å². The van der Waals surface area contributed by atoms with Crippen molar-refractivity contribution in [1.29, 1.82) is 0 Å². The first-order valence-corrected chi connectivity index (χ1v) is 4.92. The molecular formula is C10H12F2N2O2. The average molecular weight is 230 g/mol. The summed E-state index contributed by atoms with van der Waals surface area (Å²) in [6.45, 7) is -1.94. The molecule has 1 atom stereocenters. The summed E-state index contributed by atoms with van der Waals surface area (Å²) >= 11 is 0. The molecule has 0 aliphatic carbocycles. The fourth-order valence-electron chi connectivity index (χ4n) is 1.70. The van der Waals surface area contributed by atoms with Crippen LogP contribution in [0.5, 0.6) is 5.88 Å². The highest BCUT2D eigenvalue weighted by Gasteiger charge is 2.39. The van der Waals surface area contributed by atoms with E-state index in [0.29, 0.717) is 13.2 Å². The number of halogens is 2. The predicted molar refractivity (Wildman–Crippen MR) is 52.2 cm³/mol. The van der Waals surface area contributed by atoms with Crippen molar-refractivity contribution in [1.82, 2.24) is 4.98 Å². The fraction of sp³-hybridized carbons (Fsp3) is 0.500. The lowest BCUT2D eigenvalue weighted by atomic mass is 9.87. The summed E-state index contributed by atoms with van der Waals surface area (Å²) in [7, 11) is 0. The molecule has 4 nitrogen and oxygen atoms in total. The molecule has 88 valence electrons. The maximum atomic E-state index is 12.0. The lowest BCUT2D eigenvalue weighted by Gasteiger charge is -2.41. The zero-order chi connectivity index (χ0) is 11.6. The number of nitrogens with zero attached hydrogens (tertiary/aromatic N) is 1. The van der Waals surface area contributed by atoms with Gasteiger partial charge in [0.15, 0.2) is 0 Å². The van der Waals surface area contributed by atoms with Crippen LogP contribution in [-0.4, -0.2) is 24.7 Å². The highest BCUT2D eigenvalue weighted by Crippen LogP contribution is 2.37. The van der Waals surface area contributed by atoms with E-state index in [9.17, 15) is 8.78 Å². The summed E-state index contributed by atoms with van der Waals surface area (Å²) in [5.41, 5.74) is 5.79. The largest absolute Gasteiger partial charge is 0.417 e. The number of hydrogen-bond acceptors (Lipinski definition) is 4. The van der Waals surface area contributed by atoms with Gasteiger partial charge in [0.1, 0.15) is 5.60 Å². The van der Waals surface area contributed by atoms with E-state index in [0.717, 1.165) is 12.0 Å². The maximum Gasteiger partial charge on any atom is 0.388 e. The van der Waals surface area contributed by atoms with E-state index in [1.807, 2.05) is 0 Å². The lowest BCUT2D eigenvalue weighted by Crippen LogP contribution is -2.47. The van der Waals surface area contributed by atoms with Crippen LogP contribution in [0.1, 0.15) is 12.0 Å². The molecule has 16 heavy (non-hydrogen) atoms. The molecule has 1 aromatic heterocycles. The fourth-order valence-corrected chi connectivity index (χ4v) is 1.70. The molecule has 0 aromatic carbocycles. The average Bonchev–Trinajstić information content (AvgIpc) is 2.16. The minimum absolute atomic E-state index is 0.115. The number of alkyl halides is 2. The second-order valence-electron chi connectivity index (χ2n) is 3.56. The topological polar surface area (TPSA) is 57.4 Å². The Kier molecular flexibility index (Phi) is 3.02. The van der Waals surface area contributed by atoms with E-state index in [4.69, 9.17) is 10.5 Å². The van der Waals surface area contributed by atoms with Gasteiger partial charge in [-0.05, 0) is 11.6 Å². The van der Waals surface area contributed by atoms with Crippen molar-refractivity contribution in [2.75, 3.05) is 13.2 Å². The van der Waals surface area contributed by atoms with E-state index >= 15 is 0 Å². The van der Waals surface area contributed by atoms with Crippen LogP contribution in [0, 0.1) is 0 Å². The number of aromatic nitrogens is 1. The second kappa shape index (κ2) is 4.31. The Labute approximate surface area is 91.4 Å². The van der Waals surface area contributed by atoms with Crippen molar-refractivity contribution < 1.29 is 18.3 Å². The number of rotatable bonds is 4. The highest BCUT2D eigenvalue weighted by molar-refractivity contribution is 5.28. The van der Waals surface area contributed by atoms with Gasteiger partial charge in [-0.25, -0.2) is 4.98 Å². The second-order valence-corrected chi connectivity index (χ2v) is 3.56. The predicted octanol–water partition coefficient (Wildman–Crippen LogP) is 1.26. The zero-order valence-electron chi connectivity index (χ0n) is 8.53. The van der Waals surface area contributed by atoms with Gasteiger partial charge >= 0.3 is 6.61 Å². The van der Waals surface area contributed by atoms with Gasteiger partial charge < -0.3 is 15.2 Å². The van der Waals surface area contributed by atoms with Gasteiger partial charge in [-0.2, -0.15) is 8.78 Å². The minimum atomic E-state index is -2.88. The molecule has 0 bridgehead atoms. The van der Waals surface area contributed by atoms with Gasteiger partial charge in [0.25, 0.3) is 0 Å².